The Labute approximate surface area is 77.1 Å². The van der Waals surface area contributed by atoms with Crippen molar-refractivity contribution in [2.75, 3.05) is 0 Å². The number of aromatic nitrogens is 2. The molecule has 0 aliphatic carbocycles. The maximum Gasteiger partial charge on any atom is 0.234 e. The van der Waals surface area contributed by atoms with E-state index in [0.29, 0.717) is 17.7 Å². The van der Waals surface area contributed by atoms with Gasteiger partial charge in [-0.25, -0.2) is 0 Å². The number of hydrogen-bond donors (Lipinski definition) is 0. The summed E-state index contributed by atoms with van der Waals surface area (Å²) in [5.41, 5.74) is 0. The summed E-state index contributed by atoms with van der Waals surface area (Å²) in [5, 5.41) is 7.50. The molecule has 1 rings (SSSR count). The fraction of sp³-hybridized carbons (Fsp3) is 0.750. The molecule has 0 N–H and O–H groups in total. The van der Waals surface area contributed by atoms with Gasteiger partial charge in [-0.2, -0.15) is 0 Å². The van der Waals surface area contributed by atoms with Crippen LogP contribution >= 0.6 is 11.6 Å². The maximum absolute atomic E-state index is 5.76. The molecule has 68 valence electrons. The van der Waals surface area contributed by atoms with E-state index in [0.717, 1.165) is 6.42 Å². The fourth-order valence-corrected chi connectivity index (χ4v) is 0.947. The van der Waals surface area contributed by atoms with Crippen LogP contribution in [0, 0.1) is 5.92 Å². The predicted octanol–water partition coefficient (Wildman–Crippen LogP) is 2.57. The van der Waals surface area contributed by atoms with E-state index >= 15 is 0 Å². The molecular formula is C8H13ClN2O. The van der Waals surface area contributed by atoms with Crippen LogP contribution in [0.25, 0.3) is 0 Å². The largest absolute Gasteiger partial charge is 0.424 e. The van der Waals surface area contributed by atoms with Crippen LogP contribution in [0.1, 0.15) is 37.9 Å². The Bertz CT molecular complexity index is 245. The molecule has 0 bridgehead atoms. The van der Waals surface area contributed by atoms with Crippen molar-refractivity contribution in [1.29, 1.82) is 0 Å². The third-order valence-corrected chi connectivity index (χ3v) is 1.59. The van der Waals surface area contributed by atoms with Gasteiger partial charge >= 0.3 is 0 Å². The SMILES string of the molecule is CC(C)Cc1nnc([C@@H](C)Cl)o1. The van der Waals surface area contributed by atoms with Crippen LogP contribution in [0.15, 0.2) is 4.42 Å². The molecule has 0 radical (unpaired) electrons. The Balaban J connectivity index is 2.64. The van der Waals surface area contributed by atoms with Gasteiger partial charge in [0.25, 0.3) is 0 Å². The molecule has 0 fully saturated rings. The standard InChI is InChI=1S/C8H13ClN2O/c1-5(2)4-7-10-11-8(12-7)6(3)9/h5-6H,4H2,1-3H3/t6-/m1/s1. The molecule has 1 atom stereocenters. The van der Waals surface area contributed by atoms with Gasteiger partial charge in [-0.3, -0.25) is 0 Å². The third-order valence-electron chi connectivity index (χ3n) is 1.41. The number of alkyl halides is 1. The van der Waals surface area contributed by atoms with Crippen LogP contribution in [-0.4, -0.2) is 10.2 Å². The van der Waals surface area contributed by atoms with E-state index < -0.39 is 0 Å². The first-order valence-corrected chi connectivity index (χ1v) is 4.49. The Hall–Kier alpha value is -0.570. The van der Waals surface area contributed by atoms with Gasteiger partial charge in [-0.1, -0.05) is 13.8 Å². The van der Waals surface area contributed by atoms with Gasteiger partial charge in [0.2, 0.25) is 11.8 Å². The zero-order valence-corrected chi connectivity index (χ0v) is 8.30. The summed E-state index contributed by atoms with van der Waals surface area (Å²) < 4.78 is 5.30. The highest BCUT2D eigenvalue weighted by Gasteiger charge is 2.11. The molecule has 0 aliphatic rings. The molecule has 1 heterocycles. The van der Waals surface area contributed by atoms with Gasteiger partial charge < -0.3 is 4.42 Å². The van der Waals surface area contributed by atoms with E-state index in [9.17, 15) is 0 Å². The summed E-state index contributed by atoms with van der Waals surface area (Å²) in [6, 6.07) is 0. The highest BCUT2D eigenvalue weighted by molar-refractivity contribution is 6.20. The van der Waals surface area contributed by atoms with Crippen LogP contribution < -0.4 is 0 Å². The van der Waals surface area contributed by atoms with Crippen LogP contribution in [0.2, 0.25) is 0 Å². The van der Waals surface area contributed by atoms with E-state index in [1.807, 2.05) is 6.92 Å². The second kappa shape index (κ2) is 3.90. The zero-order chi connectivity index (χ0) is 9.14. The Morgan fingerprint density at radius 3 is 2.42 bits per heavy atom. The minimum absolute atomic E-state index is 0.196. The summed E-state index contributed by atoms with van der Waals surface area (Å²) >= 11 is 5.76. The fourth-order valence-electron chi connectivity index (χ4n) is 0.859. The van der Waals surface area contributed by atoms with Crippen molar-refractivity contribution < 1.29 is 4.42 Å². The van der Waals surface area contributed by atoms with Gasteiger partial charge in [0, 0.05) is 6.42 Å². The molecule has 12 heavy (non-hydrogen) atoms. The van der Waals surface area contributed by atoms with Crippen LogP contribution in [0.5, 0.6) is 0 Å². The molecule has 0 spiro atoms. The van der Waals surface area contributed by atoms with Crippen molar-refractivity contribution in [1.82, 2.24) is 10.2 Å². The minimum Gasteiger partial charge on any atom is -0.424 e. The van der Waals surface area contributed by atoms with E-state index in [2.05, 4.69) is 24.0 Å². The first-order valence-electron chi connectivity index (χ1n) is 4.06. The van der Waals surface area contributed by atoms with Gasteiger partial charge in [0.1, 0.15) is 5.38 Å². The number of halogens is 1. The highest BCUT2D eigenvalue weighted by atomic mass is 35.5. The van der Waals surface area contributed by atoms with Crippen molar-refractivity contribution in [2.45, 2.75) is 32.6 Å². The van der Waals surface area contributed by atoms with E-state index in [1.165, 1.54) is 0 Å². The van der Waals surface area contributed by atoms with Crippen molar-refractivity contribution in [3.05, 3.63) is 11.8 Å². The van der Waals surface area contributed by atoms with Gasteiger partial charge in [-0.15, -0.1) is 21.8 Å². The topological polar surface area (TPSA) is 38.9 Å². The van der Waals surface area contributed by atoms with Crippen molar-refractivity contribution in [3.8, 4) is 0 Å². The van der Waals surface area contributed by atoms with Crippen molar-refractivity contribution in [2.24, 2.45) is 5.92 Å². The summed E-state index contributed by atoms with van der Waals surface area (Å²) in [6.45, 7) is 6.02. The van der Waals surface area contributed by atoms with Gasteiger partial charge in [-0.05, 0) is 12.8 Å². The molecule has 0 aromatic carbocycles. The molecule has 1 aromatic rings. The Kier molecular flexibility index (Phi) is 3.09. The predicted molar refractivity (Wildman–Crippen MR) is 47.1 cm³/mol. The Morgan fingerprint density at radius 1 is 1.33 bits per heavy atom. The first-order chi connectivity index (χ1) is 5.59. The van der Waals surface area contributed by atoms with E-state index in [-0.39, 0.29) is 5.38 Å². The minimum atomic E-state index is -0.196. The normalized spacial score (nSPS) is 13.8. The lowest BCUT2D eigenvalue weighted by Crippen LogP contribution is -1.93. The smallest absolute Gasteiger partial charge is 0.234 e. The third kappa shape index (κ3) is 2.48. The monoisotopic (exact) mass is 188 g/mol. The highest BCUT2D eigenvalue weighted by Crippen LogP contribution is 2.18. The van der Waals surface area contributed by atoms with Crippen LogP contribution in [-0.2, 0) is 6.42 Å². The average molecular weight is 189 g/mol. The molecule has 0 amide bonds. The van der Waals surface area contributed by atoms with E-state index in [1.54, 1.807) is 0 Å². The van der Waals surface area contributed by atoms with Gasteiger partial charge in [0.05, 0.1) is 0 Å². The number of rotatable bonds is 3. The molecule has 1 aromatic heterocycles. The molecule has 0 aliphatic heterocycles. The Morgan fingerprint density at radius 2 is 2.00 bits per heavy atom. The zero-order valence-electron chi connectivity index (χ0n) is 7.54. The molecule has 0 unspecified atom stereocenters. The summed E-state index contributed by atoms with van der Waals surface area (Å²) in [6.07, 6.45) is 0.816. The summed E-state index contributed by atoms with van der Waals surface area (Å²) in [4.78, 5) is 0. The average Bonchev–Trinajstić information content (AvgIpc) is 2.34. The first kappa shape index (κ1) is 9.52. The van der Waals surface area contributed by atoms with E-state index in [4.69, 9.17) is 16.0 Å². The number of nitrogens with zero attached hydrogens (tertiary/aromatic N) is 2. The lowest BCUT2D eigenvalue weighted by molar-refractivity contribution is 0.425. The van der Waals surface area contributed by atoms with Gasteiger partial charge in [0.15, 0.2) is 0 Å². The maximum atomic E-state index is 5.76. The quantitative estimate of drug-likeness (QED) is 0.685. The second-order valence-corrected chi connectivity index (χ2v) is 3.90. The summed E-state index contributed by atoms with van der Waals surface area (Å²) in [7, 11) is 0. The molecule has 0 saturated heterocycles. The van der Waals surface area contributed by atoms with Crippen LogP contribution in [0.3, 0.4) is 0 Å². The molecule has 0 saturated carbocycles. The van der Waals surface area contributed by atoms with Crippen molar-refractivity contribution >= 4 is 11.6 Å². The second-order valence-electron chi connectivity index (χ2n) is 3.25. The lowest BCUT2D eigenvalue weighted by atomic mass is 10.1. The summed E-state index contributed by atoms with van der Waals surface area (Å²) in [5.74, 6) is 1.71. The molecule has 3 nitrogen and oxygen atoms in total. The molecular weight excluding hydrogens is 176 g/mol. The van der Waals surface area contributed by atoms with Crippen molar-refractivity contribution in [3.63, 3.8) is 0 Å². The number of hydrogen-bond acceptors (Lipinski definition) is 3. The van der Waals surface area contributed by atoms with Crippen LogP contribution in [0.4, 0.5) is 0 Å². The lowest BCUT2D eigenvalue weighted by Gasteiger charge is -1.97. The molecule has 4 heteroatoms.